The maximum Gasteiger partial charge on any atom is 0.324 e. The van der Waals surface area contributed by atoms with Gasteiger partial charge in [-0.3, -0.25) is 4.90 Å². The van der Waals surface area contributed by atoms with Crippen LogP contribution in [-0.2, 0) is 13.2 Å². The van der Waals surface area contributed by atoms with Gasteiger partial charge in [-0.15, -0.1) is 0 Å². The van der Waals surface area contributed by atoms with Gasteiger partial charge in [0.2, 0.25) is 0 Å². The molecule has 0 aliphatic carbocycles. The lowest BCUT2D eigenvalue weighted by Gasteiger charge is -2.36. The van der Waals surface area contributed by atoms with E-state index in [-0.39, 0.29) is 18.4 Å². The molecule has 7 heteroatoms. The second-order valence-corrected chi connectivity index (χ2v) is 8.28. The molecule has 6 nitrogen and oxygen atoms in total. The summed E-state index contributed by atoms with van der Waals surface area (Å²) in [4.78, 5) is 16.8. The molecule has 0 bridgehead atoms. The lowest BCUT2D eigenvalue weighted by atomic mass is 10.1. The number of ether oxygens (including phenoxy) is 3. The summed E-state index contributed by atoms with van der Waals surface area (Å²) in [5.41, 5.74) is 3.57. The fourth-order valence-corrected chi connectivity index (χ4v) is 4.15. The molecular weight excluding hydrogens is 435 g/mol. The van der Waals surface area contributed by atoms with Crippen LogP contribution in [0.2, 0.25) is 0 Å². The number of carbonyl (C=O) groups excluding carboxylic acids is 1. The molecule has 178 valence electrons. The molecule has 1 fully saturated rings. The molecule has 1 heterocycles. The minimum absolute atomic E-state index is 0.146. The number of hydrogen-bond donors (Lipinski definition) is 0. The van der Waals surface area contributed by atoms with Crippen LogP contribution in [0.5, 0.6) is 17.2 Å². The van der Waals surface area contributed by atoms with Crippen molar-refractivity contribution in [2.24, 2.45) is 0 Å². The lowest BCUT2D eigenvalue weighted by molar-refractivity contribution is 0.191. The van der Waals surface area contributed by atoms with Crippen molar-refractivity contribution in [3.8, 4) is 17.2 Å². The van der Waals surface area contributed by atoms with E-state index in [1.807, 2.05) is 43.3 Å². The van der Waals surface area contributed by atoms with E-state index in [9.17, 15) is 9.18 Å². The Balaban J connectivity index is 1.53. The van der Waals surface area contributed by atoms with Crippen molar-refractivity contribution in [1.29, 1.82) is 0 Å². The number of urea groups is 1. The van der Waals surface area contributed by atoms with E-state index in [1.165, 1.54) is 19.2 Å². The molecule has 34 heavy (non-hydrogen) atoms. The van der Waals surface area contributed by atoms with E-state index in [0.717, 1.165) is 23.2 Å². The zero-order valence-electron chi connectivity index (χ0n) is 19.7. The monoisotopic (exact) mass is 464 g/mol. The Bertz CT molecular complexity index is 1170. The molecule has 0 spiro atoms. The number of halogens is 1. The lowest BCUT2D eigenvalue weighted by Crippen LogP contribution is -2.49. The molecule has 0 unspecified atom stereocenters. The van der Waals surface area contributed by atoms with Gasteiger partial charge in [0.25, 0.3) is 0 Å². The minimum atomic E-state index is -0.359. The van der Waals surface area contributed by atoms with Crippen molar-refractivity contribution in [1.82, 2.24) is 4.90 Å². The molecule has 4 rings (SSSR count). The molecule has 0 saturated carbocycles. The van der Waals surface area contributed by atoms with Crippen LogP contribution in [0.3, 0.4) is 0 Å². The third kappa shape index (κ3) is 5.25. The molecule has 0 radical (unpaired) electrons. The van der Waals surface area contributed by atoms with Gasteiger partial charge in [-0.1, -0.05) is 29.8 Å². The molecule has 2 amide bonds. The van der Waals surface area contributed by atoms with Gasteiger partial charge in [-0.05, 0) is 49.2 Å². The second kappa shape index (κ2) is 10.5. The van der Waals surface area contributed by atoms with Crippen LogP contribution in [0.1, 0.15) is 23.1 Å². The number of anilines is 1. The summed E-state index contributed by atoms with van der Waals surface area (Å²) in [7, 11) is 3.13. The number of hydrogen-bond acceptors (Lipinski definition) is 4. The van der Waals surface area contributed by atoms with E-state index in [0.29, 0.717) is 42.5 Å². The number of nitrogens with zero attached hydrogens (tertiary/aromatic N) is 2. The van der Waals surface area contributed by atoms with Crippen LogP contribution in [0.4, 0.5) is 14.9 Å². The Hall–Kier alpha value is -3.74. The largest absolute Gasteiger partial charge is 0.496 e. The molecule has 1 aliphatic rings. The van der Waals surface area contributed by atoms with Crippen molar-refractivity contribution in [2.75, 3.05) is 32.2 Å². The zero-order valence-corrected chi connectivity index (χ0v) is 19.7. The predicted octanol–water partition coefficient (Wildman–Crippen LogP) is 5.56. The Morgan fingerprint density at radius 1 is 0.912 bits per heavy atom. The van der Waals surface area contributed by atoms with E-state index < -0.39 is 0 Å². The van der Waals surface area contributed by atoms with Gasteiger partial charge in [-0.2, -0.15) is 0 Å². The maximum absolute atomic E-state index is 13.8. The summed E-state index contributed by atoms with van der Waals surface area (Å²) < 4.78 is 30.7. The fourth-order valence-electron chi connectivity index (χ4n) is 4.15. The molecule has 1 aliphatic heterocycles. The first kappa shape index (κ1) is 23.4. The number of methoxy groups -OCH3 is 2. The van der Waals surface area contributed by atoms with Crippen molar-refractivity contribution in [3.63, 3.8) is 0 Å². The number of aryl methyl sites for hydroxylation is 1. The summed E-state index contributed by atoms with van der Waals surface area (Å²) in [5, 5.41) is 0. The number of carbonyl (C=O) groups is 1. The average Bonchev–Trinajstić information content (AvgIpc) is 2.84. The first-order chi connectivity index (χ1) is 16.5. The Labute approximate surface area is 199 Å². The van der Waals surface area contributed by atoms with Crippen LogP contribution in [0.15, 0.2) is 60.7 Å². The van der Waals surface area contributed by atoms with Crippen LogP contribution in [0, 0.1) is 12.7 Å². The summed E-state index contributed by atoms with van der Waals surface area (Å²) in [5.74, 6) is 1.37. The summed E-state index contributed by atoms with van der Waals surface area (Å²) >= 11 is 0. The van der Waals surface area contributed by atoms with E-state index >= 15 is 0 Å². The predicted molar refractivity (Wildman–Crippen MR) is 129 cm³/mol. The van der Waals surface area contributed by atoms with Gasteiger partial charge in [-0.25, -0.2) is 9.18 Å². The topological polar surface area (TPSA) is 51.2 Å². The average molecular weight is 465 g/mol. The third-order valence-corrected chi connectivity index (χ3v) is 5.85. The smallest absolute Gasteiger partial charge is 0.324 e. The first-order valence-corrected chi connectivity index (χ1v) is 11.2. The van der Waals surface area contributed by atoms with Crippen LogP contribution in [0.25, 0.3) is 0 Å². The van der Waals surface area contributed by atoms with Gasteiger partial charge in [0.1, 0.15) is 18.2 Å². The number of amides is 2. The van der Waals surface area contributed by atoms with Gasteiger partial charge >= 0.3 is 6.03 Å². The standard InChI is InChI=1S/C27H29FN2O4/c1-19-6-4-7-20(14-19)18-34-26-16-23(9-11-25(26)33-3)30-13-5-12-29(27(30)31)17-21-15-22(28)8-10-24(21)32-2/h4,6-11,14-16H,5,12-13,17-18H2,1-3H3. The summed E-state index contributed by atoms with van der Waals surface area (Å²) in [6.07, 6.45) is 0.787. The van der Waals surface area contributed by atoms with Gasteiger partial charge in [0.05, 0.1) is 20.8 Å². The van der Waals surface area contributed by atoms with E-state index in [2.05, 4.69) is 6.07 Å². The van der Waals surface area contributed by atoms with E-state index in [4.69, 9.17) is 14.2 Å². The van der Waals surface area contributed by atoms with Crippen molar-refractivity contribution in [3.05, 3.63) is 83.2 Å². The highest BCUT2D eigenvalue weighted by atomic mass is 19.1. The Kier molecular flexibility index (Phi) is 7.21. The quantitative estimate of drug-likeness (QED) is 0.438. The summed E-state index contributed by atoms with van der Waals surface area (Å²) in [6.45, 7) is 3.86. The number of rotatable bonds is 8. The van der Waals surface area contributed by atoms with Gasteiger partial charge < -0.3 is 19.1 Å². The third-order valence-electron chi connectivity index (χ3n) is 5.85. The molecule has 0 N–H and O–H groups in total. The van der Waals surface area contributed by atoms with Crippen LogP contribution >= 0.6 is 0 Å². The molecule has 0 atom stereocenters. The van der Waals surface area contributed by atoms with Crippen LogP contribution < -0.4 is 19.1 Å². The highest BCUT2D eigenvalue weighted by Crippen LogP contribution is 2.34. The highest BCUT2D eigenvalue weighted by Gasteiger charge is 2.28. The van der Waals surface area contributed by atoms with Crippen molar-refractivity contribution < 1.29 is 23.4 Å². The fraction of sp³-hybridized carbons (Fsp3) is 0.296. The van der Waals surface area contributed by atoms with Gasteiger partial charge in [0.15, 0.2) is 11.5 Å². The van der Waals surface area contributed by atoms with Crippen molar-refractivity contribution >= 4 is 11.7 Å². The molecule has 0 aromatic heterocycles. The molecule has 3 aromatic rings. The summed E-state index contributed by atoms with van der Waals surface area (Å²) in [6, 6.07) is 17.8. The Morgan fingerprint density at radius 3 is 2.47 bits per heavy atom. The molecule has 1 saturated heterocycles. The van der Waals surface area contributed by atoms with Crippen LogP contribution in [-0.4, -0.2) is 38.2 Å². The van der Waals surface area contributed by atoms with Crippen molar-refractivity contribution in [2.45, 2.75) is 26.5 Å². The first-order valence-electron chi connectivity index (χ1n) is 11.2. The number of benzene rings is 3. The van der Waals surface area contributed by atoms with Gasteiger partial charge in [0, 0.05) is 30.4 Å². The Morgan fingerprint density at radius 2 is 1.71 bits per heavy atom. The molecular formula is C27H29FN2O4. The van der Waals surface area contributed by atoms with E-state index in [1.54, 1.807) is 23.0 Å². The zero-order chi connectivity index (χ0) is 24.1. The molecule has 3 aromatic carbocycles. The SMILES string of the molecule is COc1ccc(F)cc1CN1CCCN(c2ccc(OC)c(OCc3cccc(C)c3)c2)C1=O. The second-order valence-electron chi connectivity index (χ2n) is 8.28. The normalized spacial score (nSPS) is 13.7. The minimum Gasteiger partial charge on any atom is -0.496 e. The highest BCUT2D eigenvalue weighted by molar-refractivity contribution is 5.93. The maximum atomic E-state index is 13.8.